The first-order chi connectivity index (χ1) is 11.5. The van der Waals surface area contributed by atoms with Crippen molar-refractivity contribution >= 4 is 29.5 Å². The molecule has 0 radical (unpaired) electrons. The van der Waals surface area contributed by atoms with E-state index in [1.54, 1.807) is 31.2 Å². The van der Waals surface area contributed by atoms with Crippen molar-refractivity contribution in [2.75, 3.05) is 12.4 Å². The zero-order valence-electron chi connectivity index (χ0n) is 12.9. The zero-order valence-corrected chi connectivity index (χ0v) is 13.7. The van der Waals surface area contributed by atoms with Crippen LogP contribution in [0.3, 0.4) is 0 Å². The van der Waals surface area contributed by atoms with Gasteiger partial charge in [0.2, 0.25) is 0 Å². The Hall–Kier alpha value is -2.48. The number of rotatable bonds is 5. The lowest BCUT2D eigenvalue weighted by atomic mass is 10.0. The van der Waals surface area contributed by atoms with Gasteiger partial charge in [-0.2, -0.15) is 0 Å². The van der Waals surface area contributed by atoms with E-state index in [2.05, 4.69) is 5.32 Å². The summed E-state index contributed by atoms with van der Waals surface area (Å²) >= 11 is 1.44. The first-order valence-electron chi connectivity index (χ1n) is 7.34. The normalized spacial score (nSPS) is 21.6. The number of amides is 2. The summed E-state index contributed by atoms with van der Waals surface area (Å²) in [5, 5.41) is 11.5. The fourth-order valence-electron chi connectivity index (χ4n) is 2.66. The minimum atomic E-state index is -1.12. The average Bonchev–Trinajstić information content (AvgIpc) is 2.58. The lowest BCUT2D eigenvalue weighted by Crippen LogP contribution is -2.70. The average molecular weight is 364 g/mol. The Bertz CT molecular complexity index is 719. The minimum absolute atomic E-state index is 0. The molecule has 0 spiro atoms. The van der Waals surface area contributed by atoms with Crippen LogP contribution >= 0.6 is 11.8 Å². The fourth-order valence-corrected chi connectivity index (χ4v) is 3.95. The molecule has 1 aromatic rings. The van der Waals surface area contributed by atoms with Crippen molar-refractivity contribution in [2.45, 2.75) is 25.8 Å². The molecule has 0 bridgehead atoms. The summed E-state index contributed by atoms with van der Waals surface area (Å²) in [5.74, 6) is -0.864. The quantitative estimate of drug-likeness (QED) is 0.768. The molecule has 2 amide bonds. The van der Waals surface area contributed by atoms with E-state index in [1.165, 1.54) is 16.7 Å². The minimum Gasteiger partial charge on any atom is -0.484 e. The Balaban J connectivity index is 0.00000225. The Labute approximate surface area is 150 Å². The van der Waals surface area contributed by atoms with Crippen LogP contribution in [0, 0.1) is 0 Å². The molecular weight excluding hydrogens is 344 g/mol. The molecule has 2 N–H and O–H groups in total. The number of hydrogen-bond acceptors (Lipinski definition) is 5. The predicted octanol–water partition coefficient (Wildman–Crippen LogP) is 1.46. The number of ether oxygens (including phenoxy) is 1. The van der Waals surface area contributed by atoms with Gasteiger partial charge in [0.15, 0.2) is 6.61 Å². The van der Waals surface area contributed by atoms with E-state index in [-0.39, 0.29) is 25.1 Å². The number of nitrogens with one attached hydrogen (secondary N) is 1. The molecule has 0 saturated carbocycles. The molecule has 2 aliphatic rings. The number of carbonyl (C=O) groups excluding carboxylic acids is 2. The molecule has 2 heterocycles. The van der Waals surface area contributed by atoms with Crippen molar-refractivity contribution in [3.63, 3.8) is 0 Å². The van der Waals surface area contributed by atoms with E-state index >= 15 is 0 Å². The summed E-state index contributed by atoms with van der Waals surface area (Å²) in [7, 11) is 0. The highest BCUT2D eigenvalue weighted by atomic mass is 32.2. The summed E-state index contributed by atoms with van der Waals surface area (Å²) in [5.41, 5.74) is 0.670. The van der Waals surface area contributed by atoms with Gasteiger partial charge < -0.3 is 15.2 Å². The number of hydrogen-bond donors (Lipinski definition) is 2. The second-order valence-corrected chi connectivity index (χ2v) is 6.60. The van der Waals surface area contributed by atoms with Crippen LogP contribution in [0.1, 0.15) is 14.4 Å². The van der Waals surface area contributed by atoms with Crippen LogP contribution in [-0.4, -0.2) is 51.6 Å². The van der Waals surface area contributed by atoms with Crippen molar-refractivity contribution < 1.29 is 24.2 Å². The van der Waals surface area contributed by atoms with E-state index in [9.17, 15) is 19.5 Å². The van der Waals surface area contributed by atoms with Gasteiger partial charge in [-0.3, -0.25) is 14.5 Å². The Morgan fingerprint density at radius 3 is 2.68 bits per heavy atom. The topological polar surface area (TPSA) is 95.9 Å². The third kappa shape index (κ3) is 3.63. The summed E-state index contributed by atoms with van der Waals surface area (Å²) in [6.07, 6.45) is 0. The highest BCUT2D eigenvalue weighted by Crippen LogP contribution is 2.40. The van der Waals surface area contributed by atoms with E-state index in [0.29, 0.717) is 17.1 Å². The number of para-hydroxylation sites is 1. The maximum Gasteiger partial charge on any atom is 0.352 e. The number of fused-ring (bicyclic) bond motifs is 1. The van der Waals surface area contributed by atoms with Crippen molar-refractivity contribution in [3.05, 3.63) is 41.6 Å². The summed E-state index contributed by atoms with van der Waals surface area (Å²) in [4.78, 5) is 36.8. The second-order valence-electron chi connectivity index (χ2n) is 5.49. The maximum absolute atomic E-state index is 12.2. The highest BCUT2D eigenvalue weighted by molar-refractivity contribution is 8.00. The molecule has 0 aromatic heterocycles. The first kappa shape index (κ1) is 18.9. The number of nitrogens with zero attached hydrogens (tertiary/aromatic N) is 1. The van der Waals surface area contributed by atoms with Crippen molar-refractivity contribution in [3.8, 4) is 5.75 Å². The molecule has 8 heteroatoms. The van der Waals surface area contributed by atoms with Gasteiger partial charge >= 0.3 is 5.97 Å². The number of carbonyl (C=O) groups is 3. The molecule has 134 valence electrons. The van der Waals surface area contributed by atoms with Gasteiger partial charge in [-0.25, -0.2) is 4.79 Å². The zero-order chi connectivity index (χ0) is 17.3. The second kappa shape index (κ2) is 7.60. The molecule has 1 aromatic carbocycles. The number of β-lactam (4-membered cyclic amide) rings is 1. The van der Waals surface area contributed by atoms with E-state index in [0.717, 1.165) is 0 Å². The third-order valence-corrected chi connectivity index (χ3v) is 5.22. The maximum atomic E-state index is 12.2. The molecule has 2 aliphatic heterocycles. The lowest BCUT2D eigenvalue weighted by Gasteiger charge is -2.49. The van der Waals surface area contributed by atoms with Crippen LogP contribution < -0.4 is 10.1 Å². The van der Waals surface area contributed by atoms with Gasteiger partial charge in [0, 0.05) is 5.75 Å². The molecule has 2 unspecified atom stereocenters. The molecule has 1 saturated heterocycles. The van der Waals surface area contributed by atoms with Crippen molar-refractivity contribution in [1.82, 2.24) is 10.2 Å². The third-order valence-electron chi connectivity index (χ3n) is 3.79. The Kier molecular flexibility index (Phi) is 5.73. The van der Waals surface area contributed by atoms with Gasteiger partial charge in [0.1, 0.15) is 22.9 Å². The predicted molar refractivity (Wildman–Crippen MR) is 94.0 cm³/mol. The molecular formula is C17H20N2O5S. The molecule has 1 fully saturated rings. The number of aliphatic carboxylic acids is 1. The van der Waals surface area contributed by atoms with Gasteiger partial charge in [-0.05, 0) is 24.6 Å². The smallest absolute Gasteiger partial charge is 0.352 e. The Morgan fingerprint density at radius 2 is 2.04 bits per heavy atom. The van der Waals surface area contributed by atoms with Crippen LogP contribution in [0.5, 0.6) is 5.75 Å². The standard InChI is InChI=1S/C16H16N2O5S.CH4/c1-9-8-24-15-12(14(20)18(15)13(9)16(21)22)17-11(19)7-23-10-5-3-2-4-6-10;/h2-6,12,15H,7-8H2,1H3,(H,17,19)(H,21,22);1H4. The van der Waals surface area contributed by atoms with Gasteiger partial charge in [-0.1, -0.05) is 25.6 Å². The number of benzene rings is 1. The fraction of sp³-hybridized carbons (Fsp3) is 0.353. The van der Waals surface area contributed by atoms with Crippen LogP contribution in [0.2, 0.25) is 0 Å². The van der Waals surface area contributed by atoms with Crippen molar-refractivity contribution in [1.29, 1.82) is 0 Å². The van der Waals surface area contributed by atoms with Gasteiger partial charge in [0.05, 0.1) is 0 Å². The highest BCUT2D eigenvalue weighted by Gasteiger charge is 2.53. The van der Waals surface area contributed by atoms with Crippen LogP contribution in [0.25, 0.3) is 0 Å². The van der Waals surface area contributed by atoms with E-state index < -0.39 is 23.8 Å². The number of carboxylic acids is 1. The Morgan fingerprint density at radius 1 is 1.36 bits per heavy atom. The molecule has 7 nitrogen and oxygen atoms in total. The van der Waals surface area contributed by atoms with E-state index in [1.807, 2.05) is 6.07 Å². The molecule has 2 atom stereocenters. The van der Waals surface area contributed by atoms with Crippen LogP contribution in [0.4, 0.5) is 0 Å². The largest absolute Gasteiger partial charge is 0.484 e. The molecule has 0 aliphatic carbocycles. The SMILES string of the molecule is C.CC1=C(C(=O)O)N2C(=O)C(NC(=O)COc3ccccc3)C2SC1. The van der Waals surface area contributed by atoms with E-state index in [4.69, 9.17) is 4.74 Å². The number of thioether (sulfide) groups is 1. The van der Waals surface area contributed by atoms with Crippen LogP contribution in [-0.2, 0) is 14.4 Å². The van der Waals surface area contributed by atoms with Crippen LogP contribution in [0.15, 0.2) is 41.6 Å². The summed E-state index contributed by atoms with van der Waals surface area (Å²) in [6.45, 7) is 1.49. The van der Waals surface area contributed by atoms with Gasteiger partial charge in [0.25, 0.3) is 11.8 Å². The van der Waals surface area contributed by atoms with Crippen molar-refractivity contribution in [2.24, 2.45) is 0 Å². The molecule has 25 heavy (non-hydrogen) atoms. The summed E-state index contributed by atoms with van der Waals surface area (Å²) < 4.78 is 5.34. The van der Waals surface area contributed by atoms with Gasteiger partial charge in [-0.15, -0.1) is 11.8 Å². The first-order valence-corrected chi connectivity index (χ1v) is 8.39. The summed E-state index contributed by atoms with van der Waals surface area (Å²) in [6, 6.07) is 8.16. The lowest BCUT2D eigenvalue weighted by molar-refractivity contribution is -0.150. The molecule has 3 rings (SSSR count). The number of carboxylic acid groups (broad SMARTS) is 1. The monoisotopic (exact) mass is 364 g/mol.